The third kappa shape index (κ3) is 6.71. The van der Waals surface area contributed by atoms with Gasteiger partial charge in [-0.3, -0.25) is 14.4 Å². The molecule has 218 valence electrons. The maximum atomic E-state index is 13.4. The number of likely N-dealkylation sites (tertiary alicyclic amines) is 1. The first-order chi connectivity index (χ1) is 19.3. The average Bonchev–Trinajstić information content (AvgIpc) is 3.40. The number of anilines is 2. The minimum atomic E-state index is -3.65. The first kappa shape index (κ1) is 28.7. The normalized spacial score (nSPS) is 20.8. The number of piperidine rings is 1. The predicted molar refractivity (Wildman–Crippen MR) is 156 cm³/mol. The van der Waals surface area contributed by atoms with Gasteiger partial charge in [-0.1, -0.05) is 36.8 Å². The van der Waals surface area contributed by atoms with Crippen molar-refractivity contribution in [2.75, 3.05) is 63.0 Å². The Kier molecular flexibility index (Phi) is 9.14. The highest BCUT2D eigenvalue weighted by molar-refractivity contribution is 7.90. The van der Waals surface area contributed by atoms with Crippen molar-refractivity contribution in [2.24, 2.45) is 0 Å². The number of rotatable bonds is 10. The molecule has 0 spiro atoms. The molecule has 3 N–H and O–H groups in total. The van der Waals surface area contributed by atoms with Crippen molar-refractivity contribution in [3.63, 3.8) is 0 Å². The number of amides is 1. The highest BCUT2D eigenvalue weighted by atomic mass is 32.2. The summed E-state index contributed by atoms with van der Waals surface area (Å²) in [5.74, 6) is 0.435. The fourth-order valence-corrected chi connectivity index (χ4v) is 7.17. The molecule has 0 bridgehead atoms. The quantitative estimate of drug-likeness (QED) is 0.402. The van der Waals surface area contributed by atoms with Gasteiger partial charge < -0.3 is 20.1 Å². The number of carbonyl (C=O) groups excluding carboxylic acids is 1. The van der Waals surface area contributed by atoms with Crippen LogP contribution in [0.15, 0.2) is 42.5 Å². The number of hydrogen-bond donors (Lipinski definition) is 3. The predicted octanol–water partition coefficient (Wildman–Crippen LogP) is 2.83. The van der Waals surface area contributed by atoms with E-state index in [0.717, 1.165) is 68.4 Å². The number of nitrogens with one attached hydrogen (secondary N) is 2. The third-order valence-electron chi connectivity index (χ3n) is 8.14. The molecular weight excluding hydrogens is 530 g/mol. The summed E-state index contributed by atoms with van der Waals surface area (Å²) >= 11 is 0. The van der Waals surface area contributed by atoms with E-state index in [2.05, 4.69) is 14.9 Å². The standard InChI is InChI=1S/C29H41N5O5S/c1-32(26(22-9-4-2-5-10-22)20-33-18-14-23(35)19-33)28(36)21-39-27-13-12-25(29-24(27)11-8-15-30-29)31-40(37,38)34-16-6-3-7-17-34/h2,4-5,9-10,12-13,23,26,30-31,35H,3,6-8,11,14-21H2,1H3. The molecule has 0 saturated carbocycles. The van der Waals surface area contributed by atoms with Crippen LogP contribution in [0.5, 0.6) is 5.75 Å². The fourth-order valence-electron chi connectivity index (χ4n) is 5.85. The zero-order valence-electron chi connectivity index (χ0n) is 23.2. The van der Waals surface area contributed by atoms with E-state index in [1.54, 1.807) is 24.1 Å². The van der Waals surface area contributed by atoms with E-state index in [9.17, 15) is 18.3 Å². The molecule has 2 unspecified atom stereocenters. The summed E-state index contributed by atoms with van der Waals surface area (Å²) in [6.07, 6.45) is 4.83. The minimum absolute atomic E-state index is 0.131. The van der Waals surface area contributed by atoms with Gasteiger partial charge in [-0.25, -0.2) is 0 Å². The molecule has 10 nitrogen and oxygen atoms in total. The van der Waals surface area contributed by atoms with Gasteiger partial charge in [0.1, 0.15) is 5.75 Å². The Labute approximate surface area is 237 Å². The number of aliphatic hydroxyl groups is 1. The van der Waals surface area contributed by atoms with Gasteiger partial charge in [0.05, 0.1) is 23.5 Å². The summed E-state index contributed by atoms with van der Waals surface area (Å²) in [4.78, 5) is 17.3. The van der Waals surface area contributed by atoms with Crippen molar-refractivity contribution in [2.45, 2.75) is 50.7 Å². The van der Waals surface area contributed by atoms with Gasteiger partial charge in [-0.15, -0.1) is 0 Å². The van der Waals surface area contributed by atoms with Gasteiger partial charge >= 0.3 is 10.2 Å². The Hall–Kier alpha value is -2.86. The number of benzene rings is 2. The maximum absolute atomic E-state index is 13.4. The Bertz CT molecular complexity index is 1270. The van der Waals surface area contributed by atoms with Crippen molar-refractivity contribution in [3.8, 4) is 5.75 Å². The average molecular weight is 572 g/mol. The molecule has 11 heteroatoms. The van der Waals surface area contributed by atoms with Crippen LogP contribution in [0.2, 0.25) is 0 Å². The van der Waals surface area contributed by atoms with Gasteiger partial charge in [0.25, 0.3) is 5.91 Å². The van der Waals surface area contributed by atoms with Gasteiger partial charge in [-0.05, 0) is 49.8 Å². The summed E-state index contributed by atoms with van der Waals surface area (Å²) in [6.45, 7) is 3.71. The number of nitrogens with zero attached hydrogens (tertiary/aromatic N) is 3. The largest absolute Gasteiger partial charge is 0.483 e. The van der Waals surface area contributed by atoms with Crippen molar-refractivity contribution in [1.29, 1.82) is 0 Å². The van der Waals surface area contributed by atoms with E-state index in [1.165, 1.54) is 4.31 Å². The van der Waals surface area contributed by atoms with E-state index in [-0.39, 0.29) is 24.7 Å². The molecular formula is C29H41N5O5S. The van der Waals surface area contributed by atoms with Gasteiger partial charge in [0.2, 0.25) is 0 Å². The van der Waals surface area contributed by atoms with Crippen LogP contribution in [0.4, 0.5) is 11.4 Å². The summed E-state index contributed by atoms with van der Waals surface area (Å²) in [5, 5.41) is 13.3. The Morgan fingerprint density at radius 3 is 2.62 bits per heavy atom. The first-order valence-corrected chi connectivity index (χ1v) is 15.8. The number of likely N-dealkylation sites (N-methyl/N-ethyl adjacent to an activating group) is 1. The van der Waals surface area contributed by atoms with Crippen molar-refractivity contribution >= 4 is 27.5 Å². The van der Waals surface area contributed by atoms with Crippen molar-refractivity contribution in [3.05, 3.63) is 53.6 Å². The zero-order valence-corrected chi connectivity index (χ0v) is 24.0. The Balaban J connectivity index is 1.28. The van der Waals surface area contributed by atoms with E-state index in [0.29, 0.717) is 37.6 Å². The van der Waals surface area contributed by atoms with Gasteiger partial charge in [0, 0.05) is 51.9 Å². The Morgan fingerprint density at radius 1 is 1.12 bits per heavy atom. The van der Waals surface area contributed by atoms with Crippen LogP contribution in [-0.2, 0) is 21.4 Å². The first-order valence-electron chi connectivity index (χ1n) is 14.3. The SMILES string of the molecule is CN(C(=O)COc1ccc(NS(=O)(=O)N2CCCCC2)c2c1CCCN2)C(CN1CCC(O)C1)c1ccccc1. The van der Waals surface area contributed by atoms with Crippen LogP contribution >= 0.6 is 0 Å². The van der Waals surface area contributed by atoms with Crippen LogP contribution < -0.4 is 14.8 Å². The van der Waals surface area contributed by atoms with Crippen LogP contribution in [0.1, 0.15) is 49.3 Å². The topological polar surface area (TPSA) is 114 Å². The van der Waals surface area contributed by atoms with E-state index in [4.69, 9.17) is 4.74 Å². The van der Waals surface area contributed by atoms with E-state index < -0.39 is 10.2 Å². The number of ether oxygens (including phenoxy) is 1. The number of β-amino-alcohol motifs (C(OH)–C–C–N with tert-alkyl or cyclic N) is 1. The minimum Gasteiger partial charge on any atom is -0.483 e. The molecule has 2 fully saturated rings. The van der Waals surface area contributed by atoms with E-state index >= 15 is 0 Å². The van der Waals surface area contributed by atoms with Crippen LogP contribution in [-0.4, -0.2) is 92.6 Å². The molecule has 40 heavy (non-hydrogen) atoms. The van der Waals surface area contributed by atoms with Crippen molar-refractivity contribution in [1.82, 2.24) is 14.1 Å². The molecule has 3 aliphatic rings. The second-order valence-corrected chi connectivity index (χ2v) is 12.7. The Morgan fingerprint density at radius 2 is 1.90 bits per heavy atom. The number of fused-ring (bicyclic) bond motifs is 1. The molecule has 1 amide bonds. The molecule has 2 atom stereocenters. The summed E-state index contributed by atoms with van der Waals surface area (Å²) in [5.41, 5.74) is 3.14. The van der Waals surface area contributed by atoms with Gasteiger partial charge in [-0.2, -0.15) is 12.7 Å². The number of aliphatic hydroxyl groups excluding tert-OH is 1. The number of hydrogen-bond acceptors (Lipinski definition) is 7. The lowest BCUT2D eigenvalue weighted by Gasteiger charge is -2.32. The molecule has 0 aromatic heterocycles. The zero-order chi connectivity index (χ0) is 28.1. The van der Waals surface area contributed by atoms with Crippen LogP contribution in [0.3, 0.4) is 0 Å². The van der Waals surface area contributed by atoms with E-state index in [1.807, 2.05) is 30.3 Å². The smallest absolute Gasteiger partial charge is 0.301 e. The fraction of sp³-hybridized carbons (Fsp3) is 0.552. The lowest BCUT2D eigenvalue weighted by Crippen LogP contribution is -2.41. The lowest BCUT2D eigenvalue weighted by atomic mass is 10.0. The molecule has 2 aromatic rings. The summed E-state index contributed by atoms with van der Waals surface area (Å²) in [7, 11) is -1.85. The second kappa shape index (κ2) is 12.8. The molecule has 0 aliphatic carbocycles. The number of carbonyl (C=O) groups is 1. The molecule has 5 rings (SSSR count). The molecule has 2 aromatic carbocycles. The summed E-state index contributed by atoms with van der Waals surface area (Å²) in [6, 6.07) is 13.2. The lowest BCUT2D eigenvalue weighted by molar-refractivity contribution is -0.134. The highest BCUT2D eigenvalue weighted by Crippen LogP contribution is 2.38. The van der Waals surface area contributed by atoms with Crippen LogP contribution in [0.25, 0.3) is 0 Å². The molecule has 0 radical (unpaired) electrons. The molecule has 2 saturated heterocycles. The summed E-state index contributed by atoms with van der Waals surface area (Å²) < 4.78 is 36.4. The monoisotopic (exact) mass is 571 g/mol. The molecule has 3 aliphatic heterocycles. The third-order valence-corrected chi connectivity index (χ3v) is 9.67. The van der Waals surface area contributed by atoms with Crippen LogP contribution in [0, 0.1) is 0 Å². The highest BCUT2D eigenvalue weighted by Gasteiger charge is 2.30. The maximum Gasteiger partial charge on any atom is 0.301 e. The van der Waals surface area contributed by atoms with Gasteiger partial charge in [0.15, 0.2) is 6.61 Å². The molecule has 3 heterocycles. The van der Waals surface area contributed by atoms with Crippen molar-refractivity contribution < 1.29 is 23.1 Å². The second-order valence-electron chi connectivity index (χ2n) is 11.0.